The molecule has 0 saturated carbocycles. The van der Waals surface area contributed by atoms with Crippen molar-refractivity contribution in [1.82, 2.24) is 0 Å². The molecule has 0 radical (unpaired) electrons. The Bertz CT molecular complexity index is 604. The van der Waals surface area contributed by atoms with Gasteiger partial charge >= 0.3 is 0 Å². The van der Waals surface area contributed by atoms with Gasteiger partial charge in [-0.1, -0.05) is 85.4 Å². The normalized spacial score (nSPS) is 16.5. The summed E-state index contributed by atoms with van der Waals surface area (Å²) in [4.78, 5) is 0. The molecule has 1 heteroatoms. The molecule has 1 aliphatic rings. The quantitative estimate of drug-likeness (QED) is 0.545. The van der Waals surface area contributed by atoms with Crippen molar-refractivity contribution in [3.63, 3.8) is 0 Å². The minimum absolute atomic E-state index is 0.265. The van der Waals surface area contributed by atoms with Gasteiger partial charge in [-0.25, -0.2) is 0 Å². The molecular formula is C21H31P. The first-order valence-electron chi connectivity index (χ1n) is 8.28. The van der Waals surface area contributed by atoms with Crippen molar-refractivity contribution >= 4 is 18.8 Å². The lowest BCUT2D eigenvalue weighted by atomic mass is 10.0. The zero-order chi connectivity index (χ0) is 16.7. The highest BCUT2D eigenvalue weighted by Crippen LogP contribution is 2.59. The molecule has 2 rings (SSSR count). The van der Waals surface area contributed by atoms with Gasteiger partial charge in [0.25, 0.3) is 0 Å². The number of hydrogen-bond donors (Lipinski definition) is 0. The Morgan fingerprint density at radius 3 is 1.86 bits per heavy atom. The van der Waals surface area contributed by atoms with Crippen molar-refractivity contribution in [2.24, 2.45) is 0 Å². The third kappa shape index (κ3) is 3.54. The van der Waals surface area contributed by atoms with Crippen molar-refractivity contribution in [3.05, 3.63) is 47.1 Å². The number of hydrogen-bond acceptors (Lipinski definition) is 0. The van der Waals surface area contributed by atoms with E-state index in [4.69, 9.17) is 0 Å². The summed E-state index contributed by atoms with van der Waals surface area (Å²) in [5.74, 6) is 0. The van der Waals surface area contributed by atoms with Crippen LogP contribution < -0.4 is 5.30 Å². The fourth-order valence-electron chi connectivity index (χ4n) is 3.89. The van der Waals surface area contributed by atoms with E-state index in [1.807, 2.05) is 0 Å². The zero-order valence-corrected chi connectivity index (χ0v) is 16.4. The van der Waals surface area contributed by atoms with Crippen molar-refractivity contribution in [2.45, 2.75) is 72.1 Å². The van der Waals surface area contributed by atoms with Crippen molar-refractivity contribution in [1.29, 1.82) is 0 Å². The van der Waals surface area contributed by atoms with Crippen LogP contribution in [0.1, 0.15) is 67.4 Å². The van der Waals surface area contributed by atoms with Crippen LogP contribution in [0.5, 0.6) is 0 Å². The van der Waals surface area contributed by atoms with Crippen LogP contribution in [0.2, 0.25) is 0 Å². The van der Waals surface area contributed by atoms with Gasteiger partial charge in [-0.05, 0) is 52.6 Å². The second-order valence-corrected chi connectivity index (χ2v) is 12.4. The predicted molar refractivity (Wildman–Crippen MR) is 103 cm³/mol. The van der Waals surface area contributed by atoms with Crippen LogP contribution in [0, 0.1) is 0 Å². The first-order valence-corrected chi connectivity index (χ1v) is 9.62. The van der Waals surface area contributed by atoms with Gasteiger partial charge in [0.15, 0.2) is 0 Å². The van der Waals surface area contributed by atoms with Gasteiger partial charge in [0.2, 0.25) is 0 Å². The molecule has 0 unspecified atom stereocenters. The second kappa shape index (κ2) is 5.97. The topological polar surface area (TPSA) is 0 Å². The summed E-state index contributed by atoms with van der Waals surface area (Å²) in [6.07, 6.45) is 3.46. The standard InChI is InChI=1S/C21H31P/c1-15-13-16(2)18(14-15)17-11-9-10-12-19(17)22(20(3,4)5)21(6,7)8/h9-13H,14H2,1-8H3. The summed E-state index contributed by atoms with van der Waals surface area (Å²) < 4.78 is 0. The van der Waals surface area contributed by atoms with Crippen LogP contribution in [0.15, 0.2) is 41.5 Å². The summed E-state index contributed by atoms with van der Waals surface area (Å²) in [5.41, 5.74) is 5.96. The lowest BCUT2D eigenvalue weighted by Crippen LogP contribution is -2.32. The fraction of sp³-hybridized carbons (Fsp3) is 0.524. The van der Waals surface area contributed by atoms with Gasteiger partial charge < -0.3 is 0 Å². The largest absolute Gasteiger partial charge is 0.0686 e. The zero-order valence-electron chi connectivity index (χ0n) is 15.5. The van der Waals surface area contributed by atoms with E-state index >= 15 is 0 Å². The Morgan fingerprint density at radius 2 is 1.41 bits per heavy atom. The first kappa shape index (κ1) is 17.5. The van der Waals surface area contributed by atoms with E-state index in [2.05, 4.69) is 85.7 Å². The molecule has 120 valence electrons. The van der Waals surface area contributed by atoms with E-state index < -0.39 is 0 Å². The monoisotopic (exact) mass is 314 g/mol. The molecule has 22 heavy (non-hydrogen) atoms. The lowest BCUT2D eigenvalue weighted by molar-refractivity contribution is 0.714. The lowest BCUT2D eigenvalue weighted by Gasteiger charge is -2.43. The molecule has 1 aromatic carbocycles. The second-order valence-electron chi connectivity index (χ2n) is 8.52. The Morgan fingerprint density at radius 1 is 0.864 bits per heavy atom. The third-order valence-corrected chi connectivity index (χ3v) is 7.76. The molecule has 0 saturated heterocycles. The van der Waals surface area contributed by atoms with Gasteiger partial charge in [0, 0.05) is 0 Å². The van der Waals surface area contributed by atoms with Gasteiger partial charge in [0.05, 0.1) is 0 Å². The molecule has 0 amide bonds. The molecule has 0 heterocycles. The molecule has 0 aliphatic heterocycles. The molecule has 1 aliphatic carbocycles. The van der Waals surface area contributed by atoms with Crippen LogP contribution in [-0.4, -0.2) is 10.3 Å². The van der Waals surface area contributed by atoms with Crippen molar-refractivity contribution in [3.8, 4) is 0 Å². The summed E-state index contributed by atoms with van der Waals surface area (Å²) in [5, 5.41) is 2.19. The van der Waals surface area contributed by atoms with E-state index in [0.29, 0.717) is 10.3 Å². The fourth-order valence-corrected chi connectivity index (χ4v) is 8.03. The average molecular weight is 314 g/mol. The van der Waals surface area contributed by atoms with Gasteiger partial charge in [-0.3, -0.25) is 0 Å². The Kier molecular flexibility index (Phi) is 4.74. The molecule has 1 aromatic rings. The molecule has 0 spiro atoms. The molecular weight excluding hydrogens is 283 g/mol. The van der Waals surface area contributed by atoms with Gasteiger partial charge in [-0.15, -0.1) is 0 Å². The highest BCUT2D eigenvalue weighted by molar-refractivity contribution is 7.68. The van der Waals surface area contributed by atoms with Crippen molar-refractivity contribution < 1.29 is 0 Å². The van der Waals surface area contributed by atoms with E-state index in [-0.39, 0.29) is 7.92 Å². The summed E-state index contributed by atoms with van der Waals surface area (Å²) in [6, 6.07) is 9.14. The molecule has 0 nitrogen and oxygen atoms in total. The molecule has 0 N–H and O–H groups in total. The highest BCUT2D eigenvalue weighted by atomic mass is 31.1. The Labute approximate surface area is 138 Å². The van der Waals surface area contributed by atoms with E-state index in [1.165, 1.54) is 22.3 Å². The van der Waals surface area contributed by atoms with Gasteiger partial charge in [0.1, 0.15) is 0 Å². The maximum absolute atomic E-state index is 2.40. The van der Waals surface area contributed by atoms with Crippen LogP contribution in [0.25, 0.3) is 5.57 Å². The molecule has 0 fully saturated rings. The number of allylic oxidation sites excluding steroid dienone is 4. The SMILES string of the molecule is CC1=CC(C)=C(c2ccccc2P(C(C)(C)C)C(C)(C)C)C1. The first-order chi connectivity index (χ1) is 10.0. The number of rotatable bonds is 2. The summed E-state index contributed by atoms with van der Waals surface area (Å²) in [6.45, 7) is 18.9. The minimum Gasteiger partial charge on any atom is -0.0686 e. The minimum atomic E-state index is -0.265. The van der Waals surface area contributed by atoms with Crippen molar-refractivity contribution in [2.75, 3.05) is 0 Å². The molecule has 0 bridgehead atoms. The average Bonchev–Trinajstić information content (AvgIpc) is 2.65. The Balaban J connectivity index is 2.60. The molecule has 0 atom stereocenters. The Hall–Kier alpha value is -0.870. The maximum Gasteiger partial charge on any atom is -0.00579 e. The van der Waals surface area contributed by atoms with Crippen LogP contribution in [-0.2, 0) is 0 Å². The maximum atomic E-state index is 2.40. The van der Waals surface area contributed by atoms with Gasteiger partial charge in [-0.2, -0.15) is 0 Å². The van der Waals surface area contributed by atoms with E-state index in [9.17, 15) is 0 Å². The van der Waals surface area contributed by atoms with Crippen LogP contribution >= 0.6 is 7.92 Å². The summed E-state index contributed by atoms with van der Waals surface area (Å²) >= 11 is 0. The smallest absolute Gasteiger partial charge is 0.00579 e. The van der Waals surface area contributed by atoms with Crippen LogP contribution in [0.4, 0.5) is 0 Å². The molecule has 0 aromatic heterocycles. The van der Waals surface area contributed by atoms with Crippen LogP contribution in [0.3, 0.4) is 0 Å². The van der Waals surface area contributed by atoms with E-state index in [0.717, 1.165) is 6.42 Å². The third-order valence-electron chi connectivity index (χ3n) is 4.21. The highest BCUT2D eigenvalue weighted by Gasteiger charge is 2.37. The predicted octanol–water partition coefficient (Wildman–Crippen LogP) is 6.51. The number of benzene rings is 1. The van der Waals surface area contributed by atoms with E-state index in [1.54, 1.807) is 5.30 Å². The summed E-state index contributed by atoms with van der Waals surface area (Å²) in [7, 11) is -0.265.